The highest BCUT2D eigenvalue weighted by Crippen LogP contribution is 2.35. The Bertz CT molecular complexity index is 1450. The number of benzene rings is 2. The number of fused-ring (bicyclic) bond motifs is 9. The molecule has 0 unspecified atom stereocenters. The van der Waals surface area contributed by atoms with E-state index in [0.717, 1.165) is 11.0 Å². The Balaban J connectivity index is 1.98. The van der Waals surface area contributed by atoms with Crippen LogP contribution in [0.25, 0.3) is 49.1 Å². The van der Waals surface area contributed by atoms with Gasteiger partial charge in [-0.05, 0) is 36.4 Å². The van der Waals surface area contributed by atoms with Gasteiger partial charge in [0.25, 0.3) is 0 Å². The van der Waals surface area contributed by atoms with E-state index < -0.39 is 0 Å². The quantitative estimate of drug-likeness (QED) is 0.349. The summed E-state index contributed by atoms with van der Waals surface area (Å²) in [5, 5.41) is 5.04. The van der Waals surface area contributed by atoms with E-state index in [2.05, 4.69) is 81.8 Å². The Morgan fingerprint density at radius 1 is 0.680 bits per heavy atom. The van der Waals surface area contributed by atoms with Gasteiger partial charge in [-0.1, -0.05) is 24.3 Å². The van der Waals surface area contributed by atoms with Crippen LogP contribution in [-0.4, -0.2) is 14.0 Å². The van der Waals surface area contributed by atoms with E-state index in [0.29, 0.717) is 0 Å². The van der Waals surface area contributed by atoms with Crippen LogP contribution in [0.2, 0.25) is 0 Å². The summed E-state index contributed by atoms with van der Waals surface area (Å²) in [5.74, 6) is 0. The molecular weight excluding hydrogens is 306 g/mol. The van der Waals surface area contributed by atoms with Crippen LogP contribution in [0.4, 0.5) is 0 Å². The molecule has 0 fully saturated rings. The smallest absolute Gasteiger partial charge is 0.0948 e. The third-order valence-electron chi connectivity index (χ3n) is 5.38. The predicted octanol–water partition coefficient (Wildman–Crippen LogP) is 5.29. The minimum Gasteiger partial charge on any atom is -0.344 e. The van der Waals surface area contributed by atoms with Gasteiger partial charge < -0.3 is 8.97 Å². The molecule has 0 spiro atoms. The zero-order valence-electron chi connectivity index (χ0n) is 13.8. The minimum atomic E-state index is 1.06. The number of nitrogens with zero attached hydrogens (tertiary/aromatic N) is 3. The fourth-order valence-electron chi connectivity index (χ4n) is 4.22. The van der Waals surface area contributed by atoms with Crippen molar-refractivity contribution in [1.29, 1.82) is 0 Å². The first kappa shape index (κ1) is 13.0. The Morgan fingerprint density at radius 3 is 2.44 bits per heavy atom. The van der Waals surface area contributed by atoms with Gasteiger partial charge in [0.15, 0.2) is 0 Å². The number of pyridine rings is 2. The maximum absolute atomic E-state index is 4.65. The molecule has 0 bridgehead atoms. The lowest BCUT2D eigenvalue weighted by atomic mass is 10.0. The van der Waals surface area contributed by atoms with E-state index in [9.17, 15) is 0 Å². The first-order valence-corrected chi connectivity index (χ1v) is 8.47. The number of hydrogen-bond donors (Lipinski definition) is 0. The molecule has 4 heterocycles. The van der Waals surface area contributed by atoms with E-state index in [1.54, 1.807) is 0 Å². The molecule has 0 N–H and O–H groups in total. The molecule has 3 nitrogen and oxygen atoms in total. The molecule has 6 aromatic rings. The zero-order valence-corrected chi connectivity index (χ0v) is 13.8. The van der Waals surface area contributed by atoms with Crippen LogP contribution in [-0.2, 0) is 7.05 Å². The van der Waals surface area contributed by atoms with Crippen molar-refractivity contribution >= 4 is 49.1 Å². The summed E-state index contributed by atoms with van der Waals surface area (Å²) in [6.45, 7) is 0. The summed E-state index contributed by atoms with van der Waals surface area (Å²) in [5.41, 5.74) is 5.95. The molecule has 2 aromatic carbocycles. The van der Waals surface area contributed by atoms with Gasteiger partial charge in [0, 0.05) is 46.5 Å². The number of aromatic nitrogens is 3. The Hall–Kier alpha value is -3.33. The molecule has 4 aromatic heterocycles. The van der Waals surface area contributed by atoms with Gasteiger partial charge in [-0.3, -0.25) is 4.98 Å². The van der Waals surface area contributed by atoms with Crippen molar-refractivity contribution in [1.82, 2.24) is 14.0 Å². The molecular formula is C22H15N3. The molecule has 0 atom stereocenters. The van der Waals surface area contributed by atoms with E-state index >= 15 is 0 Å². The van der Waals surface area contributed by atoms with Crippen molar-refractivity contribution < 1.29 is 0 Å². The second kappa shape index (κ2) is 4.39. The van der Waals surface area contributed by atoms with Gasteiger partial charge >= 0.3 is 0 Å². The molecule has 0 saturated heterocycles. The van der Waals surface area contributed by atoms with Crippen molar-refractivity contribution in [3.05, 3.63) is 73.1 Å². The van der Waals surface area contributed by atoms with Gasteiger partial charge in [-0.2, -0.15) is 0 Å². The van der Waals surface area contributed by atoms with Gasteiger partial charge in [-0.25, -0.2) is 0 Å². The van der Waals surface area contributed by atoms with Gasteiger partial charge in [0.1, 0.15) is 0 Å². The lowest BCUT2D eigenvalue weighted by Gasteiger charge is -2.09. The standard InChI is InChI=1S/C22H15N3/c1-24-18-8-3-2-6-14(18)16-12-17-15-7-4-10-23-22(15)19-9-5-11-25(19)21(17)13-20(16)24/h2-13H,1H3. The van der Waals surface area contributed by atoms with Crippen LogP contribution in [0, 0.1) is 0 Å². The molecule has 0 aliphatic rings. The third kappa shape index (κ3) is 1.53. The van der Waals surface area contributed by atoms with Gasteiger partial charge in [0.2, 0.25) is 0 Å². The second-order valence-corrected chi connectivity index (χ2v) is 6.63. The molecule has 0 aliphatic heterocycles. The summed E-state index contributed by atoms with van der Waals surface area (Å²) in [7, 11) is 2.14. The van der Waals surface area contributed by atoms with Crippen LogP contribution in [0.5, 0.6) is 0 Å². The van der Waals surface area contributed by atoms with E-state index in [4.69, 9.17) is 0 Å². The van der Waals surface area contributed by atoms with E-state index in [1.165, 1.54) is 38.1 Å². The summed E-state index contributed by atoms with van der Waals surface area (Å²) in [6, 6.07) is 21.7. The fourth-order valence-corrected chi connectivity index (χ4v) is 4.22. The largest absolute Gasteiger partial charge is 0.344 e. The van der Waals surface area contributed by atoms with Gasteiger partial charge in [-0.15, -0.1) is 0 Å². The third-order valence-corrected chi connectivity index (χ3v) is 5.38. The van der Waals surface area contributed by atoms with Crippen LogP contribution in [0.15, 0.2) is 73.1 Å². The van der Waals surface area contributed by atoms with Crippen LogP contribution in [0.1, 0.15) is 0 Å². The zero-order chi connectivity index (χ0) is 16.5. The summed E-state index contributed by atoms with van der Waals surface area (Å²) >= 11 is 0. The predicted molar refractivity (Wildman–Crippen MR) is 104 cm³/mol. The lowest BCUT2D eigenvalue weighted by Crippen LogP contribution is -1.92. The number of hydrogen-bond acceptors (Lipinski definition) is 1. The minimum absolute atomic E-state index is 1.06. The Labute approximate surface area is 143 Å². The Morgan fingerprint density at radius 2 is 1.48 bits per heavy atom. The average molecular weight is 321 g/mol. The molecule has 0 saturated carbocycles. The van der Waals surface area contributed by atoms with Crippen molar-refractivity contribution in [2.75, 3.05) is 0 Å². The number of rotatable bonds is 0. The van der Waals surface area contributed by atoms with Crippen molar-refractivity contribution in [2.45, 2.75) is 0 Å². The first-order chi connectivity index (χ1) is 12.3. The maximum Gasteiger partial charge on any atom is 0.0948 e. The summed E-state index contributed by atoms with van der Waals surface area (Å²) < 4.78 is 4.54. The normalized spacial score (nSPS) is 12.2. The van der Waals surface area contributed by atoms with Gasteiger partial charge in [0.05, 0.1) is 22.1 Å². The summed E-state index contributed by atoms with van der Waals surface area (Å²) in [4.78, 5) is 4.65. The average Bonchev–Trinajstić information content (AvgIpc) is 3.26. The fraction of sp³-hybridized carbons (Fsp3) is 0.0455. The van der Waals surface area contributed by atoms with Crippen LogP contribution in [0.3, 0.4) is 0 Å². The molecule has 0 aliphatic carbocycles. The molecule has 0 amide bonds. The molecule has 118 valence electrons. The highest BCUT2D eigenvalue weighted by atomic mass is 14.9. The topological polar surface area (TPSA) is 22.2 Å². The molecule has 3 heteroatoms. The SMILES string of the molecule is Cn1c2ccccc2c2cc3c4cccnc4c4cccn4c3cc21. The van der Waals surface area contributed by atoms with E-state index in [-0.39, 0.29) is 0 Å². The number of aryl methyl sites for hydroxylation is 1. The highest BCUT2D eigenvalue weighted by Gasteiger charge is 2.13. The van der Waals surface area contributed by atoms with Crippen LogP contribution >= 0.6 is 0 Å². The number of para-hydroxylation sites is 1. The van der Waals surface area contributed by atoms with Crippen LogP contribution < -0.4 is 0 Å². The lowest BCUT2D eigenvalue weighted by molar-refractivity contribution is 1.01. The van der Waals surface area contributed by atoms with Crippen molar-refractivity contribution in [3.63, 3.8) is 0 Å². The maximum atomic E-state index is 4.65. The van der Waals surface area contributed by atoms with Crippen molar-refractivity contribution in [3.8, 4) is 0 Å². The Kier molecular flexibility index (Phi) is 2.29. The molecule has 25 heavy (non-hydrogen) atoms. The monoisotopic (exact) mass is 321 g/mol. The van der Waals surface area contributed by atoms with Crippen molar-refractivity contribution in [2.24, 2.45) is 7.05 Å². The van der Waals surface area contributed by atoms with E-state index in [1.807, 2.05) is 12.3 Å². The summed E-state index contributed by atoms with van der Waals surface area (Å²) in [6.07, 6.45) is 4.00. The second-order valence-electron chi connectivity index (χ2n) is 6.63. The molecule has 6 rings (SSSR count). The molecule has 0 radical (unpaired) electrons. The highest BCUT2D eigenvalue weighted by molar-refractivity contribution is 6.18. The first-order valence-electron chi connectivity index (χ1n) is 8.47.